The summed E-state index contributed by atoms with van der Waals surface area (Å²) >= 11 is 6.30. The molecule has 1 unspecified atom stereocenters. The van der Waals surface area contributed by atoms with Gasteiger partial charge in [0.25, 0.3) is 10.0 Å². The predicted octanol–water partition coefficient (Wildman–Crippen LogP) is 3.75. The summed E-state index contributed by atoms with van der Waals surface area (Å²) in [6.45, 7) is 6.75. The van der Waals surface area contributed by atoms with E-state index in [4.69, 9.17) is 16.3 Å². The van der Waals surface area contributed by atoms with E-state index in [2.05, 4.69) is 10.2 Å². The molecule has 0 spiro atoms. The monoisotopic (exact) mass is 570 g/mol. The van der Waals surface area contributed by atoms with Crippen LogP contribution in [0, 0.1) is 0 Å². The number of ether oxygens (including phenoxy) is 1. The van der Waals surface area contributed by atoms with Gasteiger partial charge in [-0.05, 0) is 61.1 Å². The number of halogens is 1. The molecule has 1 amide bonds. The van der Waals surface area contributed by atoms with Crippen molar-refractivity contribution >= 4 is 38.6 Å². The van der Waals surface area contributed by atoms with Crippen LogP contribution >= 0.6 is 11.6 Å². The van der Waals surface area contributed by atoms with E-state index < -0.39 is 27.7 Å². The van der Waals surface area contributed by atoms with Crippen molar-refractivity contribution in [3.05, 3.63) is 93.9 Å². The van der Waals surface area contributed by atoms with Crippen LogP contribution in [0.5, 0.6) is 5.75 Å². The lowest BCUT2D eigenvalue weighted by Crippen LogP contribution is -2.42. The fourth-order valence-corrected chi connectivity index (χ4v) is 6.09. The molecule has 1 atom stereocenters. The second-order valence-corrected chi connectivity index (χ2v) is 11.1. The van der Waals surface area contributed by atoms with Gasteiger partial charge >= 0.3 is 5.69 Å². The van der Waals surface area contributed by atoms with Crippen LogP contribution in [0.2, 0.25) is 5.02 Å². The first kappa shape index (κ1) is 28.4. The molecular weight excluding hydrogens is 540 g/mol. The van der Waals surface area contributed by atoms with Crippen LogP contribution in [0.25, 0.3) is 11.0 Å². The third-order valence-electron chi connectivity index (χ3n) is 6.64. The Hall–Kier alpha value is -3.60. The van der Waals surface area contributed by atoms with E-state index in [1.54, 1.807) is 30.3 Å². The molecule has 9 nitrogen and oxygen atoms in total. The average molecular weight is 571 g/mol. The highest BCUT2D eigenvalue weighted by Gasteiger charge is 2.32. The highest BCUT2D eigenvalue weighted by molar-refractivity contribution is 7.90. The second-order valence-electron chi connectivity index (χ2n) is 8.86. The number of hydrogen-bond donors (Lipinski definition) is 1. The number of carbonyl (C=O) groups is 1. The molecule has 0 saturated carbocycles. The Morgan fingerprint density at radius 1 is 1.00 bits per heavy atom. The van der Waals surface area contributed by atoms with Gasteiger partial charge in [-0.25, -0.2) is 13.2 Å². The lowest BCUT2D eigenvalue weighted by Gasteiger charge is -2.21. The van der Waals surface area contributed by atoms with Crippen LogP contribution in [0.1, 0.15) is 25.5 Å². The topological polar surface area (TPSA) is 103 Å². The standard InChI is InChI=1S/C28H31ClN4O5S/c1-4-31(5-2)18-17-30-27(34)26(20-9-7-6-8-10-20)32-25-19-21(29)11-16-24(25)33(28(32)35)39(36,37)23-14-12-22(38-3)13-15-23/h6-16,19,26H,4-5,17-18H2,1-3H3,(H,30,34). The van der Waals surface area contributed by atoms with Gasteiger partial charge in [0.05, 0.1) is 23.0 Å². The molecule has 1 aromatic heterocycles. The second kappa shape index (κ2) is 12.1. The van der Waals surface area contributed by atoms with E-state index in [0.29, 0.717) is 29.4 Å². The fourth-order valence-electron chi connectivity index (χ4n) is 4.53. The van der Waals surface area contributed by atoms with Gasteiger partial charge in [-0.2, -0.15) is 3.97 Å². The molecule has 0 radical (unpaired) electrons. The van der Waals surface area contributed by atoms with Crippen molar-refractivity contribution in [2.45, 2.75) is 24.8 Å². The van der Waals surface area contributed by atoms with Crippen molar-refractivity contribution in [2.75, 3.05) is 33.3 Å². The van der Waals surface area contributed by atoms with Crippen LogP contribution in [0.15, 0.2) is 82.5 Å². The number of nitrogens with one attached hydrogen (secondary N) is 1. The quantitative estimate of drug-likeness (QED) is 0.295. The molecule has 0 bridgehead atoms. The number of carbonyl (C=O) groups excluding carboxylic acids is 1. The molecule has 206 valence electrons. The zero-order valence-electron chi connectivity index (χ0n) is 22.0. The number of rotatable bonds is 11. The molecule has 1 N–H and O–H groups in total. The van der Waals surface area contributed by atoms with Crippen molar-refractivity contribution in [3.8, 4) is 5.75 Å². The first-order valence-electron chi connectivity index (χ1n) is 12.6. The van der Waals surface area contributed by atoms with Gasteiger partial charge in [0, 0.05) is 18.1 Å². The maximum Gasteiger partial charge on any atom is 0.344 e. The van der Waals surface area contributed by atoms with Gasteiger partial charge in [0.1, 0.15) is 11.8 Å². The van der Waals surface area contributed by atoms with E-state index in [0.717, 1.165) is 17.1 Å². The zero-order valence-corrected chi connectivity index (χ0v) is 23.6. The summed E-state index contributed by atoms with van der Waals surface area (Å²) in [7, 11) is -2.87. The van der Waals surface area contributed by atoms with Gasteiger partial charge in [0.2, 0.25) is 5.91 Å². The maximum atomic E-state index is 14.0. The first-order valence-corrected chi connectivity index (χ1v) is 14.4. The minimum atomic E-state index is -4.34. The number of methoxy groups -OCH3 is 1. The summed E-state index contributed by atoms with van der Waals surface area (Å²) in [5.74, 6) is 0.0392. The van der Waals surface area contributed by atoms with Crippen LogP contribution in [0.4, 0.5) is 0 Å². The van der Waals surface area contributed by atoms with Gasteiger partial charge in [-0.1, -0.05) is 55.8 Å². The average Bonchev–Trinajstić information content (AvgIpc) is 3.23. The van der Waals surface area contributed by atoms with Crippen LogP contribution < -0.4 is 15.7 Å². The maximum absolute atomic E-state index is 14.0. The molecule has 0 fully saturated rings. The van der Waals surface area contributed by atoms with E-state index in [1.165, 1.54) is 54.1 Å². The van der Waals surface area contributed by atoms with Gasteiger partial charge in [0.15, 0.2) is 0 Å². The molecule has 0 saturated heterocycles. The number of aromatic nitrogens is 2. The molecule has 11 heteroatoms. The van der Waals surface area contributed by atoms with Crippen molar-refractivity contribution in [2.24, 2.45) is 0 Å². The van der Waals surface area contributed by atoms with E-state index in [1.807, 2.05) is 13.8 Å². The first-order chi connectivity index (χ1) is 18.7. The molecule has 4 aromatic rings. The van der Waals surface area contributed by atoms with Gasteiger partial charge < -0.3 is 15.0 Å². The number of fused-ring (bicyclic) bond motifs is 1. The van der Waals surface area contributed by atoms with E-state index >= 15 is 0 Å². The molecule has 4 rings (SSSR count). The third-order valence-corrected chi connectivity index (χ3v) is 8.57. The highest BCUT2D eigenvalue weighted by Crippen LogP contribution is 2.28. The highest BCUT2D eigenvalue weighted by atomic mass is 35.5. The van der Waals surface area contributed by atoms with Crippen LogP contribution in [-0.2, 0) is 14.8 Å². The van der Waals surface area contributed by atoms with Crippen molar-refractivity contribution in [1.29, 1.82) is 0 Å². The SMILES string of the molecule is CCN(CC)CCNC(=O)C(c1ccccc1)n1c(=O)n(S(=O)(=O)c2ccc(OC)cc2)c2ccc(Cl)cc21. The van der Waals surface area contributed by atoms with Crippen LogP contribution in [-0.4, -0.2) is 61.1 Å². The Bertz CT molecular complexity index is 1610. The van der Waals surface area contributed by atoms with Gasteiger partial charge in [-0.3, -0.25) is 9.36 Å². The smallest absolute Gasteiger partial charge is 0.344 e. The summed E-state index contributed by atoms with van der Waals surface area (Å²) in [6.07, 6.45) is 0. The number of hydrogen-bond acceptors (Lipinski definition) is 6. The number of nitrogens with zero attached hydrogens (tertiary/aromatic N) is 3. The lowest BCUT2D eigenvalue weighted by molar-refractivity contribution is -0.123. The Balaban J connectivity index is 1.89. The van der Waals surface area contributed by atoms with Crippen LogP contribution in [0.3, 0.4) is 0 Å². The lowest BCUT2D eigenvalue weighted by atomic mass is 10.1. The molecule has 0 aliphatic rings. The summed E-state index contributed by atoms with van der Waals surface area (Å²) in [5.41, 5.74) is -0.0222. The minimum Gasteiger partial charge on any atom is -0.497 e. The minimum absolute atomic E-state index is 0.0978. The molecule has 3 aromatic carbocycles. The van der Waals surface area contributed by atoms with Crippen molar-refractivity contribution in [3.63, 3.8) is 0 Å². The van der Waals surface area contributed by atoms with Crippen molar-refractivity contribution < 1.29 is 17.9 Å². The molecule has 1 heterocycles. The third kappa shape index (κ3) is 5.73. The molecular formula is C28H31ClN4O5S. The number of benzene rings is 3. The molecule has 0 aliphatic heterocycles. The summed E-state index contributed by atoms with van der Waals surface area (Å²) in [4.78, 5) is 29.8. The normalized spacial score (nSPS) is 12.5. The van der Waals surface area contributed by atoms with E-state index in [-0.39, 0.29) is 15.9 Å². The zero-order chi connectivity index (χ0) is 28.2. The van der Waals surface area contributed by atoms with Crippen molar-refractivity contribution in [1.82, 2.24) is 18.8 Å². The van der Waals surface area contributed by atoms with Gasteiger partial charge in [-0.15, -0.1) is 0 Å². The Kier molecular flexibility index (Phi) is 8.79. The Labute approximate surface area is 232 Å². The molecule has 0 aliphatic carbocycles. The largest absolute Gasteiger partial charge is 0.497 e. The Morgan fingerprint density at radius 2 is 1.67 bits per heavy atom. The summed E-state index contributed by atoms with van der Waals surface area (Å²) in [5, 5.41) is 3.23. The Morgan fingerprint density at radius 3 is 2.28 bits per heavy atom. The number of likely N-dealkylation sites (N-methyl/N-ethyl adjacent to an activating group) is 1. The molecule has 39 heavy (non-hydrogen) atoms. The predicted molar refractivity (Wildman–Crippen MR) is 152 cm³/mol. The van der Waals surface area contributed by atoms with E-state index in [9.17, 15) is 18.0 Å². The number of amides is 1. The number of imidazole rings is 1. The fraction of sp³-hybridized carbons (Fsp3) is 0.286. The summed E-state index contributed by atoms with van der Waals surface area (Å²) < 4.78 is 34.6. The summed E-state index contributed by atoms with van der Waals surface area (Å²) in [6, 6.07) is 17.9.